The smallest absolute Gasteiger partial charge is 0.146 e. The summed E-state index contributed by atoms with van der Waals surface area (Å²) >= 11 is 0. The Morgan fingerprint density at radius 1 is 1.47 bits per heavy atom. The van der Waals surface area contributed by atoms with Crippen molar-refractivity contribution in [1.82, 2.24) is 20.1 Å². The summed E-state index contributed by atoms with van der Waals surface area (Å²) in [6.07, 6.45) is 2.97. The molecule has 1 saturated carbocycles. The predicted octanol–water partition coefficient (Wildman–Crippen LogP) is 0.128. The number of rotatable bonds is 4. The lowest BCUT2D eigenvalue weighted by atomic mass is 9.80. The summed E-state index contributed by atoms with van der Waals surface area (Å²) in [5.74, 6) is 1.82. The Morgan fingerprint density at radius 3 is 2.67 bits per heavy atom. The van der Waals surface area contributed by atoms with Gasteiger partial charge in [-0.15, -0.1) is 10.2 Å². The van der Waals surface area contributed by atoms with Crippen LogP contribution in [0.15, 0.2) is 0 Å². The topological polar surface area (TPSA) is 63.0 Å². The summed E-state index contributed by atoms with van der Waals surface area (Å²) in [6.45, 7) is 3.24. The molecular formula is C10H18N4O. The molecule has 2 N–H and O–H groups in total. The van der Waals surface area contributed by atoms with Gasteiger partial charge in [0.2, 0.25) is 0 Å². The van der Waals surface area contributed by atoms with Gasteiger partial charge in [0.05, 0.1) is 12.1 Å². The van der Waals surface area contributed by atoms with Gasteiger partial charge in [-0.05, 0) is 26.2 Å². The van der Waals surface area contributed by atoms with Crippen LogP contribution in [0.1, 0.15) is 30.9 Å². The van der Waals surface area contributed by atoms with E-state index in [-0.39, 0.29) is 0 Å². The maximum Gasteiger partial charge on any atom is 0.146 e. The zero-order valence-corrected chi connectivity index (χ0v) is 9.32. The number of aryl methyl sites for hydroxylation is 1. The first kappa shape index (κ1) is 10.6. The van der Waals surface area contributed by atoms with Gasteiger partial charge in [0.15, 0.2) is 0 Å². The summed E-state index contributed by atoms with van der Waals surface area (Å²) in [4.78, 5) is 0. The SMILES string of the molecule is Cc1nnc(CNCC2(O)CCC2)n1C. The van der Waals surface area contributed by atoms with Crippen molar-refractivity contribution >= 4 is 0 Å². The van der Waals surface area contributed by atoms with Crippen molar-refractivity contribution in [1.29, 1.82) is 0 Å². The van der Waals surface area contributed by atoms with Crippen LogP contribution in [0.4, 0.5) is 0 Å². The van der Waals surface area contributed by atoms with Crippen LogP contribution in [-0.2, 0) is 13.6 Å². The first-order valence-corrected chi connectivity index (χ1v) is 5.39. The lowest BCUT2D eigenvalue weighted by Crippen LogP contribution is -2.46. The normalized spacial score (nSPS) is 18.9. The molecule has 0 saturated heterocycles. The van der Waals surface area contributed by atoms with Crippen molar-refractivity contribution in [2.45, 2.75) is 38.3 Å². The minimum Gasteiger partial charge on any atom is -0.389 e. The highest BCUT2D eigenvalue weighted by molar-refractivity contribution is 4.94. The number of aromatic nitrogens is 3. The van der Waals surface area contributed by atoms with Gasteiger partial charge in [-0.1, -0.05) is 0 Å². The van der Waals surface area contributed by atoms with Crippen LogP contribution in [-0.4, -0.2) is 32.0 Å². The van der Waals surface area contributed by atoms with E-state index in [1.54, 1.807) is 0 Å². The zero-order chi connectivity index (χ0) is 10.9. The van der Waals surface area contributed by atoms with E-state index in [2.05, 4.69) is 15.5 Å². The third-order valence-electron chi connectivity index (χ3n) is 3.20. The van der Waals surface area contributed by atoms with E-state index < -0.39 is 5.60 Å². The van der Waals surface area contributed by atoms with Crippen LogP contribution < -0.4 is 5.32 Å². The lowest BCUT2D eigenvalue weighted by molar-refractivity contribution is -0.0316. The molecule has 1 fully saturated rings. The summed E-state index contributed by atoms with van der Waals surface area (Å²) in [5, 5.41) is 21.1. The minimum absolute atomic E-state index is 0.465. The fourth-order valence-corrected chi connectivity index (χ4v) is 1.77. The molecule has 0 aliphatic heterocycles. The number of hydrogen-bond acceptors (Lipinski definition) is 4. The Bertz CT molecular complexity index is 343. The van der Waals surface area contributed by atoms with Crippen molar-refractivity contribution in [2.24, 2.45) is 7.05 Å². The second kappa shape index (κ2) is 3.90. The number of aliphatic hydroxyl groups is 1. The van der Waals surface area contributed by atoms with Gasteiger partial charge in [0, 0.05) is 13.6 Å². The Kier molecular flexibility index (Phi) is 2.75. The summed E-state index contributed by atoms with van der Waals surface area (Å²) in [5.41, 5.74) is -0.465. The molecule has 1 aliphatic carbocycles. The maximum atomic E-state index is 9.86. The predicted molar refractivity (Wildman–Crippen MR) is 56.2 cm³/mol. The van der Waals surface area contributed by atoms with Gasteiger partial charge >= 0.3 is 0 Å². The number of nitrogens with zero attached hydrogens (tertiary/aromatic N) is 3. The molecule has 84 valence electrons. The zero-order valence-electron chi connectivity index (χ0n) is 9.32. The van der Waals surface area contributed by atoms with Crippen molar-refractivity contribution in [3.63, 3.8) is 0 Å². The lowest BCUT2D eigenvalue weighted by Gasteiger charge is -2.36. The van der Waals surface area contributed by atoms with Crippen LogP contribution in [0.25, 0.3) is 0 Å². The summed E-state index contributed by atoms with van der Waals surface area (Å²) < 4.78 is 1.96. The highest BCUT2D eigenvalue weighted by Crippen LogP contribution is 2.30. The Hall–Kier alpha value is -0.940. The van der Waals surface area contributed by atoms with Gasteiger partial charge in [-0.25, -0.2) is 0 Å². The Morgan fingerprint density at radius 2 is 2.20 bits per heavy atom. The van der Waals surface area contributed by atoms with E-state index in [1.165, 1.54) is 0 Å². The molecule has 1 aromatic heterocycles. The second-order valence-electron chi connectivity index (χ2n) is 4.40. The van der Waals surface area contributed by atoms with Crippen LogP contribution in [0, 0.1) is 6.92 Å². The van der Waals surface area contributed by atoms with Crippen molar-refractivity contribution in [3.8, 4) is 0 Å². The van der Waals surface area contributed by atoms with E-state index in [0.717, 1.165) is 30.9 Å². The molecule has 0 aromatic carbocycles. The molecule has 1 aliphatic rings. The molecule has 0 bridgehead atoms. The van der Waals surface area contributed by atoms with E-state index >= 15 is 0 Å². The highest BCUT2D eigenvalue weighted by Gasteiger charge is 2.33. The minimum atomic E-state index is -0.465. The van der Waals surface area contributed by atoms with Crippen LogP contribution in [0.3, 0.4) is 0 Å². The van der Waals surface area contributed by atoms with Gasteiger partial charge in [-0.2, -0.15) is 0 Å². The Balaban J connectivity index is 1.81. The molecule has 0 spiro atoms. The van der Waals surface area contributed by atoms with Crippen molar-refractivity contribution < 1.29 is 5.11 Å². The molecule has 1 heterocycles. The van der Waals surface area contributed by atoms with Crippen LogP contribution in [0.2, 0.25) is 0 Å². The van der Waals surface area contributed by atoms with Gasteiger partial charge < -0.3 is 15.0 Å². The standard InChI is InChI=1S/C10H18N4O/c1-8-12-13-9(14(8)2)6-11-7-10(15)4-3-5-10/h11,15H,3-7H2,1-2H3. The first-order chi connectivity index (χ1) is 7.11. The molecule has 0 atom stereocenters. The van der Waals surface area contributed by atoms with E-state index in [4.69, 9.17) is 0 Å². The first-order valence-electron chi connectivity index (χ1n) is 5.39. The quantitative estimate of drug-likeness (QED) is 0.741. The van der Waals surface area contributed by atoms with Crippen molar-refractivity contribution in [3.05, 3.63) is 11.6 Å². The largest absolute Gasteiger partial charge is 0.389 e. The Labute approximate surface area is 89.5 Å². The third-order valence-corrected chi connectivity index (χ3v) is 3.20. The van der Waals surface area contributed by atoms with E-state index in [1.807, 2.05) is 18.5 Å². The molecular weight excluding hydrogens is 192 g/mol. The molecule has 0 radical (unpaired) electrons. The molecule has 0 amide bonds. The molecule has 1 aromatic rings. The monoisotopic (exact) mass is 210 g/mol. The van der Waals surface area contributed by atoms with E-state index in [9.17, 15) is 5.11 Å². The summed E-state index contributed by atoms with van der Waals surface area (Å²) in [6, 6.07) is 0. The molecule has 0 unspecified atom stereocenters. The number of nitrogens with one attached hydrogen (secondary N) is 1. The fourth-order valence-electron chi connectivity index (χ4n) is 1.77. The molecule has 15 heavy (non-hydrogen) atoms. The van der Waals surface area contributed by atoms with Crippen LogP contribution >= 0.6 is 0 Å². The van der Waals surface area contributed by atoms with Crippen molar-refractivity contribution in [2.75, 3.05) is 6.54 Å². The van der Waals surface area contributed by atoms with Gasteiger partial charge in [0.1, 0.15) is 11.6 Å². The third kappa shape index (κ3) is 2.18. The molecule has 2 rings (SSSR count). The van der Waals surface area contributed by atoms with Gasteiger partial charge in [0.25, 0.3) is 0 Å². The highest BCUT2D eigenvalue weighted by atomic mass is 16.3. The van der Waals surface area contributed by atoms with Crippen LogP contribution in [0.5, 0.6) is 0 Å². The average molecular weight is 210 g/mol. The number of hydrogen-bond donors (Lipinski definition) is 2. The van der Waals surface area contributed by atoms with Gasteiger partial charge in [-0.3, -0.25) is 0 Å². The van der Waals surface area contributed by atoms with E-state index in [0.29, 0.717) is 13.1 Å². The average Bonchev–Trinajstić information content (AvgIpc) is 2.47. The molecule has 5 nitrogen and oxygen atoms in total. The summed E-state index contributed by atoms with van der Waals surface area (Å²) in [7, 11) is 1.95. The second-order valence-corrected chi connectivity index (χ2v) is 4.40. The fraction of sp³-hybridized carbons (Fsp3) is 0.800. The maximum absolute atomic E-state index is 9.86. The molecule has 5 heteroatoms.